The van der Waals surface area contributed by atoms with Gasteiger partial charge >= 0.3 is 0 Å². The van der Waals surface area contributed by atoms with Crippen LogP contribution in [-0.2, 0) is 11.2 Å². The molecule has 0 saturated carbocycles. The SMILES string of the molecule is CC(C)C(N)C(=O)Cc1cccc2ccccc12. The summed E-state index contributed by atoms with van der Waals surface area (Å²) in [5.41, 5.74) is 6.97. The Balaban J connectivity index is 2.30. The fourth-order valence-electron chi connectivity index (χ4n) is 2.12. The smallest absolute Gasteiger partial charge is 0.154 e. The Morgan fingerprint density at radius 2 is 1.78 bits per heavy atom. The molecule has 1 unspecified atom stereocenters. The minimum atomic E-state index is -0.371. The van der Waals surface area contributed by atoms with Crippen molar-refractivity contribution in [2.24, 2.45) is 11.7 Å². The van der Waals surface area contributed by atoms with Crippen LogP contribution in [0, 0.1) is 5.92 Å². The zero-order chi connectivity index (χ0) is 13.1. The van der Waals surface area contributed by atoms with Gasteiger partial charge in [-0.05, 0) is 22.3 Å². The predicted molar refractivity (Wildman–Crippen MR) is 75.5 cm³/mol. The van der Waals surface area contributed by atoms with Gasteiger partial charge < -0.3 is 5.73 Å². The van der Waals surface area contributed by atoms with Crippen LogP contribution in [0.5, 0.6) is 0 Å². The molecule has 0 fully saturated rings. The second-order valence-corrected chi connectivity index (χ2v) is 5.05. The standard InChI is InChI=1S/C16H19NO/c1-11(2)16(17)15(18)10-13-8-5-7-12-6-3-4-9-14(12)13/h3-9,11,16H,10,17H2,1-2H3. The summed E-state index contributed by atoms with van der Waals surface area (Å²) < 4.78 is 0. The van der Waals surface area contributed by atoms with E-state index in [4.69, 9.17) is 5.73 Å². The van der Waals surface area contributed by atoms with E-state index in [1.165, 1.54) is 5.39 Å². The topological polar surface area (TPSA) is 43.1 Å². The normalized spacial score (nSPS) is 12.9. The first kappa shape index (κ1) is 12.8. The van der Waals surface area contributed by atoms with Gasteiger partial charge in [0.15, 0.2) is 5.78 Å². The molecule has 2 rings (SSSR count). The third-order valence-corrected chi connectivity index (χ3v) is 3.33. The van der Waals surface area contributed by atoms with E-state index < -0.39 is 0 Å². The molecule has 0 radical (unpaired) electrons. The summed E-state index contributed by atoms with van der Waals surface area (Å²) in [7, 11) is 0. The maximum atomic E-state index is 12.1. The highest BCUT2D eigenvalue weighted by atomic mass is 16.1. The summed E-state index contributed by atoms with van der Waals surface area (Å²) in [6.45, 7) is 3.96. The summed E-state index contributed by atoms with van der Waals surface area (Å²) in [6, 6.07) is 13.8. The summed E-state index contributed by atoms with van der Waals surface area (Å²) in [5.74, 6) is 0.300. The maximum absolute atomic E-state index is 12.1. The van der Waals surface area contributed by atoms with Crippen LogP contribution < -0.4 is 5.73 Å². The molecule has 0 aliphatic heterocycles. The highest BCUT2D eigenvalue weighted by Gasteiger charge is 2.18. The van der Waals surface area contributed by atoms with Gasteiger partial charge in [0.05, 0.1) is 6.04 Å². The lowest BCUT2D eigenvalue weighted by atomic mass is 9.94. The van der Waals surface area contributed by atoms with Crippen molar-refractivity contribution in [1.29, 1.82) is 0 Å². The number of benzene rings is 2. The molecule has 0 heterocycles. The van der Waals surface area contributed by atoms with Crippen LogP contribution in [0.15, 0.2) is 42.5 Å². The first-order valence-corrected chi connectivity index (χ1v) is 6.34. The Kier molecular flexibility index (Phi) is 3.78. The van der Waals surface area contributed by atoms with E-state index in [0.717, 1.165) is 10.9 Å². The molecule has 0 saturated heterocycles. The Labute approximate surface area is 108 Å². The van der Waals surface area contributed by atoms with E-state index in [9.17, 15) is 4.79 Å². The van der Waals surface area contributed by atoms with E-state index in [1.807, 2.05) is 38.1 Å². The molecule has 0 aliphatic carbocycles. The lowest BCUT2D eigenvalue weighted by molar-refractivity contribution is -0.120. The fraction of sp³-hybridized carbons (Fsp3) is 0.312. The van der Waals surface area contributed by atoms with Crippen molar-refractivity contribution < 1.29 is 4.79 Å². The molecule has 1 atom stereocenters. The lowest BCUT2D eigenvalue weighted by Gasteiger charge is -2.14. The van der Waals surface area contributed by atoms with E-state index in [-0.39, 0.29) is 17.7 Å². The number of hydrogen-bond donors (Lipinski definition) is 1. The fourth-order valence-corrected chi connectivity index (χ4v) is 2.12. The average molecular weight is 241 g/mol. The Hall–Kier alpha value is -1.67. The first-order chi connectivity index (χ1) is 8.59. The Bertz CT molecular complexity index is 555. The van der Waals surface area contributed by atoms with Gasteiger partial charge in [-0.1, -0.05) is 56.3 Å². The molecule has 2 aromatic rings. The van der Waals surface area contributed by atoms with Crippen LogP contribution in [0.4, 0.5) is 0 Å². The molecule has 0 bridgehead atoms. The van der Waals surface area contributed by atoms with Crippen molar-refractivity contribution in [3.05, 3.63) is 48.0 Å². The molecule has 2 heteroatoms. The molecule has 2 aromatic carbocycles. The van der Waals surface area contributed by atoms with E-state index in [1.54, 1.807) is 0 Å². The number of fused-ring (bicyclic) bond motifs is 1. The molecule has 2 N–H and O–H groups in total. The molecule has 0 spiro atoms. The van der Waals surface area contributed by atoms with Gasteiger partial charge in [0, 0.05) is 6.42 Å². The highest BCUT2D eigenvalue weighted by Crippen LogP contribution is 2.19. The molecular weight excluding hydrogens is 222 g/mol. The van der Waals surface area contributed by atoms with Crippen molar-refractivity contribution in [1.82, 2.24) is 0 Å². The van der Waals surface area contributed by atoms with Gasteiger partial charge in [0.25, 0.3) is 0 Å². The summed E-state index contributed by atoms with van der Waals surface area (Å²) in [5, 5.41) is 2.31. The van der Waals surface area contributed by atoms with Crippen LogP contribution in [0.25, 0.3) is 10.8 Å². The van der Waals surface area contributed by atoms with Crippen molar-refractivity contribution in [3.8, 4) is 0 Å². The van der Waals surface area contributed by atoms with Crippen molar-refractivity contribution in [2.45, 2.75) is 26.3 Å². The number of hydrogen-bond acceptors (Lipinski definition) is 2. The van der Waals surface area contributed by atoms with Crippen molar-refractivity contribution >= 4 is 16.6 Å². The average Bonchev–Trinajstić information content (AvgIpc) is 2.38. The minimum Gasteiger partial charge on any atom is -0.321 e. The molecule has 94 valence electrons. The molecule has 2 nitrogen and oxygen atoms in total. The first-order valence-electron chi connectivity index (χ1n) is 6.34. The van der Waals surface area contributed by atoms with E-state index >= 15 is 0 Å². The lowest BCUT2D eigenvalue weighted by Crippen LogP contribution is -2.36. The third kappa shape index (κ3) is 2.59. The summed E-state index contributed by atoms with van der Waals surface area (Å²) in [6.07, 6.45) is 0.417. The molecule has 18 heavy (non-hydrogen) atoms. The second kappa shape index (κ2) is 5.32. The summed E-state index contributed by atoms with van der Waals surface area (Å²) in [4.78, 5) is 12.1. The van der Waals surface area contributed by atoms with E-state index in [0.29, 0.717) is 6.42 Å². The molecule has 0 aliphatic rings. The van der Waals surface area contributed by atoms with Crippen molar-refractivity contribution in [3.63, 3.8) is 0 Å². The number of carbonyl (C=O) groups excluding carboxylic acids is 1. The Morgan fingerprint density at radius 1 is 1.11 bits per heavy atom. The van der Waals surface area contributed by atoms with Gasteiger partial charge in [0.2, 0.25) is 0 Å². The second-order valence-electron chi connectivity index (χ2n) is 5.05. The minimum absolute atomic E-state index is 0.112. The van der Waals surface area contributed by atoms with Crippen LogP contribution >= 0.6 is 0 Å². The van der Waals surface area contributed by atoms with Crippen molar-refractivity contribution in [2.75, 3.05) is 0 Å². The highest BCUT2D eigenvalue weighted by molar-refractivity contribution is 5.92. The third-order valence-electron chi connectivity index (χ3n) is 3.33. The predicted octanol–water partition coefficient (Wildman–Crippen LogP) is 2.93. The van der Waals surface area contributed by atoms with Gasteiger partial charge in [-0.2, -0.15) is 0 Å². The quantitative estimate of drug-likeness (QED) is 0.894. The molecule has 0 aromatic heterocycles. The van der Waals surface area contributed by atoms with Gasteiger partial charge in [-0.3, -0.25) is 4.79 Å². The number of nitrogens with two attached hydrogens (primary N) is 1. The molecule has 0 amide bonds. The summed E-state index contributed by atoms with van der Waals surface area (Å²) >= 11 is 0. The van der Waals surface area contributed by atoms with Crippen LogP contribution in [0.2, 0.25) is 0 Å². The molecular formula is C16H19NO. The number of Topliss-reactive ketones (excluding diaryl/α,β-unsaturated/α-hetero) is 1. The monoisotopic (exact) mass is 241 g/mol. The number of rotatable bonds is 4. The van der Waals surface area contributed by atoms with Gasteiger partial charge in [0.1, 0.15) is 0 Å². The van der Waals surface area contributed by atoms with Crippen LogP contribution in [0.3, 0.4) is 0 Å². The van der Waals surface area contributed by atoms with Gasteiger partial charge in [-0.25, -0.2) is 0 Å². The zero-order valence-corrected chi connectivity index (χ0v) is 10.9. The number of ketones is 1. The number of carbonyl (C=O) groups is 1. The van der Waals surface area contributed by atoms with E-state index in [2.05, 4.69) is 18.2 Å². The maximum Gasteiger partial charge on any atom is 0.154 e. The largest absolute Gasteiger partial charge is 0.321 e. The zero-order valence-electron chi connectivity index (χ0n) is 10.9. The van der Waals surface area contributed by atoms with Gasteiger partial charge in [-0.15, -0.1) is 0 Å². The van der Waals surface area contributed by atoms with Crippen LogP contribution in [-0.4, -0.2) is 11.8 Å². The van der Waals surface area contributed by atoms with Crippen LogP contribution in [0.1, 0.15) is 19.4 Å². The Morgan fingerprint density at radius 3 is 2.50 bits per heavy atom.